The second-order valence-electron chi connectivity index (χ2n) is 9.07. The predicted molar refractivity (Wildman–Crippen MR) is 134 cm³/mol. The molecule has 1 fully saturated rings. The van der Waals surface area contributed by atoms with Crippen LogP contribution in [0, 0.1) is 6.92 Å². The van der Waals surface area contributed by atoms with Crippen molar-refractivity contribution in [2.45, 2.75) is 57.8 Å². The maximum absolute atomic E-state index is 13.8. The second-order valence-corrected chi connectivity index (χ2v) is 9.48. The normalized spacial score (nSPS) is 14.5. The minimum Gasteiger partial charge on any atom is -0.467 e. The third-order valence-corrected chi connectivity index (χ3v) is 6.75. The van der Waals surface area contributed by atoms with E-state index in [4.69, 9.17) is 20.4 Å². The summed E-state index contributed by atoms with van der Waals surface area (Å²) in [6.07, 6.45) is 5.43. The smallest absolute Gasteiger partial charge is 0.250 e. The van der Waals surface area contributed by atoms with Crippen molar-refractivity contribution < 1.29 is 18.4 Å². The van der Waals surface area contributed by atoms with Gasteiger partial charge in [-0.15, -0.1) is 10.2 Å². The third-order valence-electron chi connectivity index (χ3n) is 6.38. The van der Waals surface area contributed by atoms with Gasteiger partial charge in [0.05, 0.1) is 6.26 Å². The van der Waals surface area contributed by atoms with E-state index < -0.39 is 11.9 Å². The largest absolute Gasteiger partial charge is 0.467 e. The number of aryl methyl sites for hydroxylation is 1. The van der Waals surface area contributed by atoms with E-state index in [9.17, 15) is 9.59 Å². The molecular weight excluding hydrogens is 496 g/mol. The van der Waals surface area contributed by atoms with Gasteiger partial charge < -0.3 is 19.1 Å². The van der Waals surface area contributed by atoms with Gasteiger partial charge in [-0.1, -0.05) is 42.6 Å². The molecular formula is C26H27ClN6O4. The highest BCUT2D eigenvalue weighted by atomic mass is 35.5. The molecule has 3 aromatic heterocycles. The SMILES string of the molecule is Cc1ccc(-c2nnn(CC(=O)N(Cc3ccccc3Cl)[C@H](C(=O)NC3CCCC3)c3ccco3)n2)o1. The maximum atomic E-state index is 13.8. The summed E-state index contributed by atoms with van der Waals surface area (Å²) in [5.41, 5.74) is 0.695. The number of nitrogens with zero attached hydrogens (tertiary/aromatic N) is 5. The van der Waals surface area contributed by atoms with E-state index in [1.54, 1.807) is 30.3 Å². The van der Waals surface area contributed by atoms with Crippen LogP contribution < -0.4 is 5.32 Å². The molecule has 0 aliphatic heterocycles. The van der Waals surface area contributed by atoms with E-state index in [-0.39, 0.29) is 30.9 Å². The Morgan fingerprint density at radius 3 is 2.68 bits per heavy atom. The number of aromatic nitrogens is 4. The first kappa shape index (κ1) is 24.8. The standard InChI is InChI=1S/C26H27ClN6O4/c1-17-12-13-22(37-17)25-29-31-33(30-25)16-23(34)32(15-18-7-2-5-10-20(18)27)24(21-11-6-14-36-21)26(35)28-19-8-3-4-9-19/h2,5-7,10-14,19,24H,3-4,8-9,15-16H2,1H3,(H,28,35)/t24-/m0/s1. The molecule has 1 saturated carbocycles. The molecule has 1 N–H and O–H groups in total. The van der Waals surface area contributed by atoms with Crippen LogP contribution in [-0.2, 0) is 22.7 Å². The number of nitrogens with one attached hydrogen (secondary N) is 1. The van der Waals surface area contributed by atoms with Gasteiger partial charge in [0, 0.05) is 17.6 Å². The number of benzene rings is 1. The molecule has 2 amide bonds. The van der Waals surface area contributed by atoms with Gasteiger partial charge in [-0.05, 0) is 60.9 Å². The van der Waals surface area contributed by atoms with Gasteiger partial charge in [0.2, 0.25) is 11.7 Å². The fraction of sp³-hybridized carbons (Fsp3) is 0.346. The number of hydrogen-bond acceptors (Lipinski definition) is 7. The van der Waals surface area contributed by atoms with Crippen LogP contribution in [0.2, 0.25) is 5.02 Å². The van der Waals surface area contributed by atoms with E-state index in [0.29, 0.717) is 27.9 Å². The molecule has 0 radical (unpaired) electrons. The van der Waals surface area contributed by atoms with Crippen LogP contribution in [0.5, 0.6) is 0 Å². The summed E-state index contributed by atoms with van der Waals surface area (Å²) in [5.74, 6) is 1.08. The fourth-order valence-corrected chi connectivity index (χ4v) is 4.73. The van der Waals surface area contributed by atoms with Crippen LogP contribution in [-0.4, -0.2) is 43.0 Å². The molecule has 37 heavy (non-hydrogen) atoms. The zero-order valence-electron chi connectivity index (χ0n) is 20.3. The van der Waals surface area contributed by atoms with Gasteiger partial charge in [0.1, 0.15) is 18.1 Å². The zero-order valence-corrected chi connectivity index (χ0v) is 21.1. The van der Waals surface area contributed by atoms with Crippen molar-refractivity contribution in [2.75, 3.05) is 0 Å². The lowest BCUT2D eigenvalue weighted by Gasteiger charge is -2.31. The van der Waals surface area contributed by atoms with Crippen molar-refractivity contribution >= 4 is 23.4 Å². The van der Waals surface area contributed by atoms with Crippen molar-refractivity contribution in [3.05, 3.63) is 76.9 Å². The number of halogens is 1. The molecule has 0 unspecified atom stereocenters. The summed E-state index contributed by atoms with van der Waals surface area (Å²) in [6, 6.07) is 13.2. The number of carbonyl (C=O) groups excluding carboxylic acids is 2. The van der Waals surface area contributed by atoms with Crippen molar-refractivity contribution in [3.8, 4) is 11.6 Å². The molecule has 11 heteroatoms. The van der Waals surface area contributed by atoms with Crippen LogP contribution >= 0.6 is 11.6 Å². The van der Waals surface area contributed by atoms with E-state index in [1.165, 1.54) is 16.0 Å². The number of amides is 2. The molecule has 1 atom stereocenters. The first-order valence-electron chi connectivity index (χ1n) is 12.2. The Bertz CT molecular complexity index is 1360. The van der Waals surface area contributed by atoms with Crippen LogP contribution in [0.15, 0.2) is 63.6 Å². The van der Waals surface area contributed by atoms with Crippen molar-refractivity contribution in [1.29, 1.82) is 0 Å². The summed E-state index contributed by atoms with van der Waals surface area (Å²) in [4.78, 5) is 30.0. The second kappa shape index (κ2) is 11.0. The van der Waals surface area contributed by atoms with E-state index in [0.717, 1.165) is 25.7 Å². The number of carbonyl (C=O) groups is 2. The monoisotopic (exact) mass is 522 g/mol. The van der Waals surface area contributed by atoms with Crippen LogP contribution in [0.3, 0.4) is 0 Å². The molecule has 1 aliphatic carbocycles. The first-order valence-corrected chi connectivity index (χ1v) is 12.6. The Morgan fingerprint density at radius 2 is 1.97 bits per heavy atom. The first-order chi connectivity index (χ1) is 18.0. The van der Waals surface area contributed by atoms with Crippen LogP contribution in [0.25, 0.3) is 11.6 Å². The molecule has 0 saturated heterocycles. The molecule has 0 spiro atoms. The summed E-state index contributed by atoms with van der Waals surface area (Å²) < 4.78 is 11.2. The number of furan rings is 2. The molecule has 10 nitrogen and oxygen atoms in total. The molecule has 3 heterocycles. The number of tetrazole rings is 1. The lowest BCUT2D eigenvalue weighted by Crippen LogP contribution is -2.46. The Morgan fingerprint density at radius 1 is 1.16 bits per heavy atom. The van der Waals surface area contributed by atoms with Gasteiger partial charge in [-0.25, -0.2) is 0 Å². The highest BCUT2D eigenvalue weighted by Gasteiger charge is 2.35. The highest BCUT2D eigenvalue weighted by Crippen LogP contribution is 2.28. The maximum Gasteiger partial charge on any atom is 0.250 e. The van der Waals surface area contributed by atoms with E-state index >= 15 is 0 Å². The van der Waals surface area contributed by atoms with Gasteiger partial charge in [0.15, 0.2) is 11.8 Å². The molecule has 4 aromatic rings. The Hall–Kier alpha value is -3.92. The number of hydrogen-bond donors (Lipinski definition) is 1. The van der Waals surface area contributed by atoms with Gasteiger partial charge in [-0.3, -0.25) is 9.59 Å². The summed E-state index contributed by atoms with van der Waals surface area (Å²) in [5, 5.41) is 15.9. The predicted octanol–water partition coefficient (Wildman–Crippen LogP) is 4.32. The van der Waals surface area contributed by atoms with Gasteiger partial charge >= 0.3 is 0 Å². The molecule has 0 bridgehead atoms. The molecule has 1 aliphatic rings. The lowest BCUT2D eigenvalue weighted by molar-refractivity contribution is -0.143. The summed E-state index contributed by atoms with van der Waals surface area (Å²) in [7, 11) is 0. The van der Waals surface area contributed by atoms with Crippen molar-refractivity contribution in [3.63, 3.8) is 0 Å². The highest BCUT2D eigenvalue weighted by molar-refractivity contribution is 6.31. The van der Waals surface area contributed by atoms with Crippen molar-refractivity contribution in [2.24, 2.45) is 0 Å². The Balaban J connectivity index is 1.45. The molecule has 1 aromatic carbocycles. The average Bonchev–Trinajstić information content (AvgIpc) is 3.69. The topological polar surface area (TPSA) is 119 Å². The van der Waals surface area contributed by atoms with Crippen LogP contribution in [0.4, 0.5) is 0 Å². The summed E-state index contributed by atoms with van der Waals surface area (Å²) in [6.45, 7) is 1.65. The molecule has 5 rings (SSSR count). The number of rotatable bonds is 9. The molecule has 192 valence electrons. The zero-order chi connectivity index (χ0) is 25.8. The minimum atomic E-state index is -1.00. The fourth-order valence-electron chi connectivity index (χ4n) is 4.53. The van der Waals surface area contributed by atoms with E-state index in [2.05, 4.69) is 20.7 Å². The Kier molecular flexibility index (Phi) is 7.36. The quantitative estimate of drug-likeness (QED) is 0.347. The van der Waals surface area contributed by atoms with Gasteiger partial charge in [0.25, 0.3) is 5.91 Å². The third kappa shape index (κ3) is 5.75. The minimum absolute atomic E-state index is 0.0681. The lowest BCUT2D eigenvalue weighted by atomic mass is 10.1. The summed E-state index contributed by atoms with van der Waals surface area (Å²) >= 11 is 6.44. The average molecular weight is 523 g/mol. The van der Waals surface area contributed by atoms with Crippen LogP contribution in [0.1, 0.15) is 48.8 Å². The van der Waals surface area contributed by atoms with E-state index in [1.807, 2.05) is 25.1 Å². The van der Waals surface area contributed by atoms with Crippen molar-refractivity contribution in [1.82, 2.24) is 30.4 Å². The Labute approximate surface area is 218 Å². The van der Waals surface area contributed by atoms with Gasteiger partial charge in [-0.2, -0.15) is 4.80 Å².